The van der Waals surface area contributed by atoms with Crippen LogP contribution < -0.4 is 10.2 Å². The molecule has 1 aliphatic rings. The highest BCUT2D eigenvalue weighted by Gasteiger charge is 2.29. The van der Waals surface area contributed by atoms with E-state index < -0.39 is 0 Å². The SMILES string of the molecule is CC(C)N1C(=O)c2ccccc2Sc2cc(NC(=O)c3cnccn3)ccc21. The van der Waals surface area contributed by atoms with Crippen LogP contribution in [-0.2, 0) is 0 Å². The third kappa shape index (κ3) is 3.36. The molecule has 0 aliphatic carbocycles. The third-order valence-electron chi connectivity index (χ3n) is 4.35. The summed E-state index contributed by atoms with van der Waals surface area (Å²) in [6.45, 7) is 3.98. The molecule has 2 amide bonds. The van der Waals surface area contributed by atoms with Gasteiger partial charge < -0.3 is 10.2 Å². The molecule has 0 fully saturated rings. The summed E-state index contributed by atoms with van der Waals surface area (Å²) < 4.78 is 0. The number of carbonyl (C=O) groups is 2. The van der Waals surface area contributed by atoms with Crippen molar-refractivity contribution in [3.8, 4) is 0 Å². The van der Waals surface area contributed by atoms with Crippen molar-refractivity contribution >= 4 is 35.0 Å². The van der Waals surface area contributed by atoms with Crippen LogP contribution in [0.5, 0.6) is 0 Å². The second-order valence-corrected chi connectivity index (χ2v) is 7.68. The number of rotatable bonds is 3. The van der Waals surface area contributed by atoms with E-state index in [1.54, 1.807) is 11.0 Å². The lowest BCUT2D eigenvalue weighted by Gasteiger charge is -2.27. The number of aromatic nitrogens is 2. The molecular weight excluding hydrogens is 372 g/mol. The largest absolute Gasteiger partial charge is 0.321 e. The van der Waals surface area contributed by atoms with Crippen LogP contribution in [0.3, 0.4) is 0 Å². The lowest BCUT2D eigenvalue weighted by Crippen LogP contribution is -2.36. The quantitative estimate of drug-likeness (QED) is 0.724. The van der Waals surface area contributed by atoms with E-state index in [0.29, 0.717) is 11.3 Å². The van der Waals surface area contributed by atoms with Crippen LogP contribution >= 0.6 is 11.8 Å². The molecule has 0 unspecified atom stereocenters. The van der Waals surface area contributed by atoms with Gasteiger partial charge in [-0.3, -0.25) is 14.6 Å². The summed E-state index contributed by atoms with van der Waals surface area (Å²) in [5, 5.41) is 2.85. The van der Waals surface area contributed by atoms with E-state index in [4.69, 9.17) is 0 Å². The number of nitrogens with one attached hydrogen (secondary N) is 1. The van der Waals surface area contributed by atoms with Crippen LogP contribution in [0.25, 0.3) is 0 Å². The van der Waals surface area contributed by atoms with Crippen LogP contribution in [0.15, 0.2) is 70.8 Å². The Labute approximate surface area is 167 Å². The van der Waals surface area contributed by atoms with Crippen molar-refractivity contribution in [2.75, 3.05) is 10.2 Å². The predicted molar refractivity (Wildman–Crippen MR) is 109 cm³/mol. The summed E-state index contributed by atoms with van der Waals surface area (Å²) in [4.78, 5) is 37.0. The van der Waals surface area contributed by atoms with Crippen molar-refractivity contribution in [3.05, 3.63) is 72.3 Å². The minimum absolute atomic E-state index is 0.00181. The summed E-state index contributed by atoms with van der Waals surface area (Å²) in [6.07, 6.45) is 4.42. The zero-order valence-corrected chi connectivity index (χ0v) is 16.2. The molecule has 1 aromatic heterocycles. The summed E-state index contributed by atoms with van der Waals surface area (Å²) in [7, 11) is 0. The average molecular weight is 390 g/mol. The van der Waals surface area contributed by atoms with Crippen molar-refractivity contribution < 1.29 is 9.59 Å². The number of carbonyl (C=O) groups excluding carboxylic acids is 2. The third-order valence-corrected chi connectivity index (χ3v) is 5.47. The fraction of sp³-hybridized carbons (Fsp3) is 0.143. The Morgan fingerprint density at radius 1 is 1.11 bits per heavy atom. The van der Waals surface area contributed by atoms with Crippen molar-refractivity contribution in [1.29, 1.82) is 0 Å². The summed E-state index contributed by atoms with van der Waals surface area (Å²) in [6, 6.07) is 13.1. The Hall–Kier alpha value is -3.19. The minimum Gasteiger partial charge on any atom is -0.321 e. The van der Waals surface area contributed by atoms with Crippen molar-refractivity contribution in [2.24, 2.45) is 0 Å². The number of benzene rings is 2. The van der Waals surface area contributed by atoms with E-state index in [9.17, 15) is 9.59 Å². The molecule has 0 radical (unpaired) electrons. The molecule has 0 saturated carbocycles. The number of hydrogen-bond donors (Lipinski definition) is 1. The number of hydrogen-bond acceptors (Lipinski definition) is 5. The monoisotopic (exact) mass is 390 g/mol. The van der Waals surface area contributed by atoms with E-state index in [0.717, 1.165) is 15.5 Å². The topological polar surface area (TPSA) is 75.2 Å². The maximum absolute atomic E-state index is 13.1. The zero-order valence-electron chi connectivity index (χ0n) is 15.4. The normalized spacial score (nSPS) is 13.0. The van der Waals surface area contributed by atoms with Gasteiger partial charge in [0.05, 0.1) is 17.4 Å². The van der Waals surface area contributed by atoms with Crippen LogP contribution in [0.2, 0.25) is 0 Å². The number of anilines is 2. The molecule has 2 heterocycles. The van der Waals surface area contributed by atoms with Gasteiger partial charge in [0.25, 0.3) is 11.8 Å². The summed E-state index contributed by atoms with van der Waals surface area (Å²) in [5.41, 5.74) is 2.40. The Bertz CT molecular complexity index is 1050. The van der Waals surface area contributed by atoms with E-state index in [-0.39, 0.29) is 23.6 Å². The second-order valence-electron chi connectivity index (χ2n) is 6.59. The standard InChI is InChI=1S/C21H18N4O2S/c1-13(2)25-17-8-7-14(24-20(26)16-12-22-9-10-23-16)11-19(17)28-18-6-4-3-5-15(18)21(25)27/h3-13H,1-2H3,(H,24,26). The molecule has 6 nitrogen and oxygen atoms in total. The van der Waals surface area contributed by atoms with Crippen LogP contribution in [0, 0.1) is 0 Å². The van der Waals surface area contributed by atoms with E-state index in [1.165, 1.54) is 30.4 Å². The highest BCUT2D eigenvalue weighted by atomic mass is 32.2. The van der Waals surface area contributed by atoms with Crippen LogP contribution in [0.4, 0.5) is 11.4 Å². The van der Waals surface area contributed by atoms with Gasteiger partial charge in [-0.05, 0) is 44.2 Å². The molecule has 7 heteroatoms. The van der Waals surface area contributed by atoms with Crippen molar-refractivity contribution in [1.82, 2.24) is 9.97 Å². The van der Waals surface area contributed by atoms with Crippen LogP contribution in [-0.4, -0.2) is 27.8 Å². The molecule has 28 heavy (non-hydrogen) atoms. The molecule has 0 saturated heterocycles. The number of amides is 2. The summed E-state index contributed by atoms with van der Waals surface area (Å²) >= 11 is 1.52. The zero-order chi connectivity index (χ0) is 19.7. The predicted octanol–water partition coefficient (Wildman–Crippen LogP) is 4.25. The number of nitrogens with zero attached hydrogens (tertiary/aromatic N) is 3. The van der Waals surface area contributed by atoms with Gasteiger partial charge in [-0.25, -0.2) is 4.98 Å². The van der Waals surface area contributed by atoms with E-state index in [2.05, 4.69) is 15.3 Å². The van der Waals surface area contributed by atoms with Crippen molar-refractivity contribution in [2.45, 2.75) is 29.7 Å². The average Bonchev–Trinajstić information content (AvgIpc) is 2.82. The molecule has 4 rings (SSSR count). The minimum atomic E-state index is -0.330. The van der Waals surface area contributed by atoms with Gasteiger partial charge in [0, 0.05) is 33.9 Å². The van der Waals surface area contributed by atoms with Gasteiger partial charge in [0.15, 0.2) is 0 Å². The fourth-order valence-corrected chi connectivity index (χ4v) is 4.19. The number of fused-ring (bicyclic) bond motifs is 2. The molecule has 0 bridgehead atoms. The van der Waals surface area contributed by atoms with Crippen molar-refractivity contribution in [3.63, 3.8) is 0 Å². The lowest BCUT2D eigenvalue weighted by molar-refractivity contribution is 0.0975. The molecule has 0 spiro atoms. The van der Waals surface area contributed by atoms with Crippen LogP contribution in [0.1, 0.15) is 34.7 Å². The van der Waals surface area contributed by atoms with E-state index >= 15 is 0 Å². The van der Waals surface area contributed by atoms with Gasteiger partial charge in [0.2, 0.25) is 0 Å². The first-order valence-electron chi connectivity index (χ1n) is 8.86. The second kappa shape index (κ2) is 7.44. The highest BCUT2D eigenvalue weighted by molar-refractivity contribution is 7.99. The maximum Gasteiger partial charge on any atom is 0.275 e. The molecule has 3 aromatic rings. The first-order chi connectivity index (χ1) is 13.5. The first-order valence-corrected chi connectivity index (χ1v) is 9.68. The highest BCUT2D eigenvalue weighted by Crippen LogP contribution is 2.43. The molecule has 1 N–H and O–H groups in total. The van der Waals surface area contributed by atoms with Gasteiger partial charge >= 0.3 is 0 Å². The van der Waals surface area contributed by atoms with Gasteiger partial charge in [-0.1, -0.05) is 23.9 Å². The smallest absolute Gasteiger partial charge is 0.275 e. The Morgan fingerprint density at radius 3 is 2.68 bits per heavy atom. The summed E-state index contributed by atoms with van der Waals surface area (Å²) in [5.74, 6) is -0.350. The molecular formula is C21H18N4O2S. The van der Waals surface area contributed by atoms with Gasteiger partial charge in [-0.2, -0.15) is 0 Å². The lowest BCUT2D eigenvalue weighted by atomic mass is 10.1. The first kappa shape index (κ1) is 18.2. The molecule has 0 atom stereocenters. The molecule has 140 valence electrons. The Balaban J connectivity index is 1.73. The molecule has 1 aliphatic heterocycles. The van der Waals surface area contributed by atoms with Gasteiger partial charge in [-0.15, -0.1) is 0 Å². The van der Waals surface area contributed by atoms with Gasteiger partial charge in [0.1, 0.15) is 5.69 Å². The molecule has 2 aromatic carbocycles. The Morgan fingerprint density at radius 2 is 1.93 bits per heavy atom. The van der Waals surface area contributed by atoms with E-state index in [1.807, 2.05) is 50.2 Å². The Kier molecular flexibility index (Phi) is 4.83. The maximum atomic E-state index is 13.1. The fourth-order valence-electron chi connectivity index (χ4n) is 3.09.